The van der Waals surface area contributed by atoms with E-state index in [1.165, 1.54) is 11.1 Å². The van der Waals surface area contributed by atoms with E-state index in [9.17, 15) is 5.11 Å². The maximum Gasteiger partial charge on any atom is 0.129 e. The summed E-state index contributed by atoms with van der Waals surface area (Å²) in [6, 6.07) is 14.0. The molecule has 2 aromatic carbocycles. The quantitative estimate of drug-likeness (QED) is 0.830. The van der Waals surface area contributed by atoms with Crippen molar-refractivity contribution in [1.29, 1.82) is 0 Å². The van der Waals surface area contributed by atoms with Crippen molar-refractivity contribution < 1.29 is 5.11 Å². The second kappa shape index (κ2) is 4.92. The molecule has 0 aliphatic carbocycles. The zero-order valence-electron chi connectivity index (χ0n) is 9.94. The van der Waals surface area contributed by atoms with Gasteiger partial charge in [0.15, 0.2) is 0 Å². The SMILES string of the molecule is CC(C)c1ccccc1-c1ccc(O)c(Br)c1. The number of hydrogen-bond acceptors (Lipinski definition) is 1. The number of phenols is 1. The third kappa shape index (κ3) is 2.52. The van der Waals surface area contributed by atoms with Crippen LogP contribution in [0.2, 0.25) is 0 Å². The summed E-state index contributed by atoms with van der Waals surface area (Å²) in [7, 11) is 0. The van der Waals surface area contributed by atoms with Crippen LogP contribution in [0.5, 0.6) is 5.75 Å². The summed E-state index contributed by atoms with van der Waals surface area (Å²) in [5, 5.41) is 9.52. The van der Waals surface area contributed by atoms with Crippen molar-refractivity contribution in [2.45, 2.75) is 19.8 Å². The standard InChI is InChI=1S/C15H15BrO/c1-10(2)12-5-3-4-6-13(12)11-7-8-15(17)14(16)9-11/h3-10,17H,1-2H3. The zero-order chi connectivity index (χ0) is 12.4. The largest absolute Gasteiger partial charge is 0.507 e. The van der Waals surface area contributed by atoms with Crippen LogP contribution in [-0.4, -0.2) is 5.11 Å². The van der Waals surface area contributed by atoms with Crippen molar-refractivity contribution in [1.82, 2.24) is 0 Å². The Bertz CT molecular complexity index is 532. The average Bonchev–Trinajstić information content (AvgIpc) is 2.32. The van der Waals surface area contributed by atoms with E-state index in [2.05, 4.69) is 48.0 Å². The van der Waals surface area contributed by atoms with E-state index in [0.717, 1.165) is 10.0 Å². The van der Waals surface area contributed by atoms with E-state index in [1.807, 2.05) is 18.2 Å². The van der Waals surface area contributed by atoms with Gasteiger partial charge in [0.1, 0.15) is 5.75 Å². The van der Waals surface area contributed by atoms with Crippen molar-refractivity contribution in [2.75, 3.05) is 0 Å². The van der Waals surface area contributed by atoms with Crippen LogP contribution in [0.3, 0.4) is 0 Å². The number of phenolic OH excluding ortho intramolecular Hbond substituents is 1. The highest BCUT2D eigenvalue weighted by molar-refractivity contribution is 9.10. The summed E-state index contributed by atoms with van der Waals surface area (Å²) < 4.78 is 0.730. The summed E-state index contributed by atoms with van der Waals surface area (Å²) in [6.45, 7) is 4.38. The molecule has 2 heteroatoms. The number of rotatable bonds is 2. The molecule has 0 aliphatic heterocycles. The third-order valence-corrected chi connectivity index (χ3v) is 3.48. The van der Waals surface area contributed by atoms with Crippen LogP contribution in [0.4, 0.5) is 0 Å². The van der Waals surface area contributed by atoms with Gasteiger partial charge >= 0.3 is 0 Å². The highest BCUT2D eigenvalue weighted by Crippen LogP contribution is 2.33. The first-order valence-corrected chi connectivity index (χ1v) is 6.46. The lowest BCUT2D eigenvalue weighted by Crippen LogP contribution is -1.91. The molecule has 0 heterocycles. The van der Waals surface area contributed by atoms with Crippen LogP contribution in [0, 0.1) is 0 Å². The molecule has 0 saturated heterocycles. The van der Waals surface area contributed by atoms with Gasteiger partial charge in [-0.05, 0) is 50.7 Å². The van der Waals surface area contributed by atoms with Crippen molar-refractivity contribution in [2.24, 2.45) is 0 Å². The van der Waals surface area contributed by atoms with Crippen LogP contribution in [0.1, 0.15) is 25.3 Å². The first kappa shape index (κ1) is 12.2. The van der Waals surface area contributed by atoms with Gasteiger partial charge in [0.25, 0.3) is 0 Å². The van der Waals surface area contributed by atoms with Crippen LogP contribution in [0.15, 0.2) is 46.9 Å². The molecule has 0 unspecified atom stereocenters. The molecular formula is C15H15BrO. The first-order valence-electron chi connectivity index (χ1n) is 5.67. The van der Waals surface area contributed by atoms with Gasteiger partial charge in [0, 0.05) is 0 Å². The molecule has 1 N–H and O–H groups in total. The smallest absolute Gasteiger partial charge is 0.129 e. The van der Waals surface area contributed by atoms with E-state index < -0.39 is 0 Å². The van der Waals surface area contributed by atoms with Crippen molar-refractivity contribution in [3.63, 3.8) is 0 Å². The molecular weight excluding hydrogens is 276 g/mol. The fourth-order valence-electron chi connectivity index (χ4n) is 1.94. The molecule has 0 spiro atoms. The molecule has 0 radical (unpaired) electrons. The molecule has 0 amide bonds. The van der Waals surface area contributed by atoms with Gasteiger partial charge in [-0.2, -0.15) is 0 Å². The van der Waals surface area contributed by atoms with Gasteiger partial charge in [-0.25, -0.2) is 0 Å². The number of aromatic hydroxyl groups is 1. The van der Waals surface area contributed by atoms with Gasteiger partial charge in [0.2, 0.25) is 0 Å². The van der Waals surface area contributed by atoms with Crippen molar-refractivity contribution in [3.8, 4) is 16.9 Å². The maximum absolute atomic E-state index is 9.52. The zero-order valence-corrected chi connectivity index (χ0v) is 11.5. The Morgan fingerprint density at radius 3 is 2.41 bits per heavy atom. The second-order valence-electron chi connectivity index (χ2n) is 4.41. The Labute approximate surface area is 110 Å². The fourth-order valence-corrected chi connectivity index (χ4v) is 2.32. The fraction of sp³-hybridized carbons (Fsp3) is 0.200. The van der Waals surface area contributed by atoms with E-state index in [4.69, 9.17) is 0 Å². The number of halogens is 1. The summed E-state index contributed by atoms with van der Waals surface area (Å²) in [6.07, 6.45) is 0. The van der Waals surface area contributed by atoms with Crippen LogP contribution < -0.4 is 0 Å². The summed E-state index contributed by atoms with van der Waals surface area (Å²) >= 11 is 3.35. The van der Waals surface area contributed by atoms with Crippen LogP contribution in [0.25, 0.3) is 11.1 Å². The van der Waals surface area contributed by atoms with Crippen molar-refractivity contribution in [3.05, 3.63) is 52.5 Å². The minimum atomic E-state index is 0.274. The van der Waals surface area contributed by atoms with Gasteiger partial charge in [-0.15, -0.1) is 0 Å². The molecule has 2 rings (SSSR count). The maximum atomic E-state index is 9.52. The summed E-state index contributed by atoms with van der Waals surface area (Å²) in [5.41, 5.74) is 3.67. The lowest BCUT2D eigenvalue weighted by molar-refractivity contribution is 0.472. The summed E-state index contributed by atoms with van der Waals surface area (Å²) in [4.78, 5) is 0. The third-order valence-electron chi connectivity index (χ3n) is 2.84. The van der Waals surface area contributed by atoms with Crippen LogP contribution >= 0.6 is 15.9 Å². The molecule has 0 aromatic heterocycles. The first-order chi connectivity index (χ1) is 8.09. The minimum Gasteiger partial charge on any atom is -0.507 e. The normalized spacial score (nSPS) is 10.8. The minimum absolute atomic E-state index is 0.274. The molecule has 2 aromatic rings. The summed E-state index contributed by atoms with van der Waals surface area (Å²) in [5.74, 6) is 0.759. The predicted octanol–water partition coefficient (Wildman–Crippen LogP) is 4.95. The molecule has 0 bridgehead atoms. The molecule has 88 valence electrons. The molecule has 0 fully saturated rings. The topological polar surface area (TPSA) is 20.2 Å². The van der Waals surface area contributed by atoms with E-state index in [-0.39, 0.29) is 5.75 Å². The predicted molar refractivity (Wildman–Crippen MR) is 75.3 cm³/mol. The van der Waals surface area contributed by atoms with Gasteiger partial charge in [-0.1, -0.05) is 44.2 Å². The van der Waals surface area contributed by atoms with E-state index in [0.29, 0.717) is 5.92 Å². The van der Waals surface area contributed by atoms with Gasteiger partial charge in [0.05, 0.1) is 4.47 Å². The average molecular weight is 291 g/mol. The molecule has 17 heavy (non-hydrogen) atoms. The van der Waals surface area contributed by atoms with Gasteiger partial charge < -0.3 is 5.11 Å². The van der Waals surface area contributed by atoms with Crippen LogP contribution in [-0.2, 0) is 0 Å². The Morgan fingerprint density at radius 2 is 1.76 bits per heavy atom. The Balaban J connectivity index is 2.56. The monoisotopic (exact) mass is 290 g/mol. The van der Waals surface area contributed by atoms with E-state index in [1.54, 1.807) is 6.07 Å². The Morgan fingerprint density at radius 1 is 1.06 bits per heavy atom. The number of benzene rings is 2. The Hall–Kier alpha value is -1.28. The molecule has 0 saturated carbocycles. The number of hydrogen-bond donors (Lipinski definition) is 1. The lowest BCUT2D eigenvalue weighted by atomic mass is 9.93. The van der Waals surface area contributed by atoms with Gasteiger partial charge in [-0.3, -0.25) is 0 Å². The molecule has 0 atom stereocenters. The lowest BCUT2D eigenvalue weighted by Gasteiger charge is -2.13. The molecule has 1 nitrogen and oxygen atoms in total. The molecule has 0 aliphatic rings. The highest BCUT2D eigenvalue weighted by Gasteiger charge is 2.09. The highest BCUT2D eigenvalue weighted by atomic mass is 79.9. The van der Waals surface area contributed by atoms with E-state index >= 15 is 0 Å². The second-order valence-corrected chi connectivity index (χ2v) is 5.26. The Kier molecular flexibility index (Phi) is 3.53. The van der Waals surface area contributed by atoms with Crippen molar-refractivity contribution >= 4 is 15.9 Å².